The Morgan fingerprint density at radius 1 is 1.27 bits per heavy atom. The van der Waals surface area contributed by atoms with Crippen molar-refractivity contribution in [2.45, 2.75) is 45.4 Å². The molecular formula is C16H30ClN3O2. The van der Waals surface area contributed by atoms with Crippen LogP contribution in [-0.4, -0.2) is 49.4 Å². The van der Waals surface area contributed by atoms with Crippen LogP contribution < -0.4 is 10.6 Å². The molecule has 0 spiro atoms. The maximum absolute atomic E-state index is 12.5. The molecule has 2 saturated heterocycles. The fourth-order valence-electron chi connectivity index (χ4n) is 3.33. The lowest BCUT2D eigenvalue weighted by molar-refractivity contribution is -0.137. The highest BCUT2D eigenvalue weighted by atomic mass is 35.5. The average molecular weight is 332 g/mol. The average Bonchev–Trinajstić information content (AvgIpc) is 2.54. The number of likely N-dealkylation sites (tertiary alicyclic amines) is 1. The SMILES string of the molecule is CCCC(=O)NCC1CCCN(C(=O)C2CCCNC2)C1.Cl. The summed E-state index contributed by atoms with van der Waals surface area (Å²) in [4.78, 5) is 26.1. The van der Waals surface area contributed by atoms with Gasteiger partial charge in [0.05, 0.1) is 5.92 Å². The third-order valence-electron chi connectivity index (χ3n) is 4.54. The summed E-state index contributed by atoms with van der Waals surface area (Å²) in [7, 11) is 0. The van der Waals surface area contributed by atoms with Crippen molar-refractivity contribution in [2.24, 2.45) is 11.8 Å². The van der Waals surface area contributed by atoms with Gasteiger partial charge in [-0.15, -0.1) is 12.4 Å². The van der Waals surface area contributed by atoms with E-state index in [1.54, 1.807) is 0 Å². The maximum atomic E-state index is 12.5. The quantitative estimate of drug-likeness (QED) is 0.803. The van der Waals surface area contributed by atoms with E-state index in [-0.39, 0.29) is 24.2 Å². The molecule has 2 atom stereocenters. The summed E-state index contributed by atoms with van der Waals surface area (Å²) in [6.45, 7) is 6.28. The van der Waals surface area contributed by atoms with Gasteiger partial charge in [0.15, 0.2) is 0 Å². The smallest absolute Gasteiger partial charge is 0.226 e. The number of carbonyl (C=O) groups is 2. The Morgan fingerprint density at radius 2 is 2.09 bits per heavy atom. The summed E-state index contributed by atoms with van der Waals surface area (Å²) in [6, 6.07) is 0. The first kappa shape index (κ1) is 19.2. The van der Waals surface area contributed by atoms with Crippen molar-refractivity contribution in [1.29, 1.82) is 0 Å². The molecule has 2 heterocycles. The lowest BCUT2D eigenvalue weighted by Crippen LogP contribution is -2.48. The summed E-state index contributed by atoms with van der Waals surface area (Å²) in [6.07, 6.45) is 5.76. The molecular weight excluding hydrogens is 302 g/mol. The maximum Gasteiger partial charge on any atom is 0.226 e. The van der Waals surface area contributed by atoms with E-state index < -0.39 is 0 Å². The van der Waals surface area contributed by atoms with Crippen LogP contribution in [0, 0.1) is 11.8 Å². The number of rotatable bonds is 5. The van der Waals surface area contributed by atoms with Crippen molar-refractivity contribution in [3.05, 3.63) is 0 Å². The molecule has 0 aliphatic carbocycles. The summed E-state index contributed by atoms with van der Waals surface area (Å²) < 4.78 is 0. The number of amides is 2. The zero-order chi connectivity index (χ0) is 15.1. The van der Waals surface area contributed by atoms with E-state index in [0.717, 1.165) is 58.3 Å². The van der Waals surface area contributed by atoms with Crippen LogP contribution in [0.2, 0.25) is 0 Å². The Bertz CT molecular complexity index is 359. The van der Waals surface area contributed by atoms with Crippen LogP contribution in [0.5, 0.6) is 0 Å². The van der Waals surface area contributed by atoms with Crippen molar-refractivity contribution in [1.82, 2.24) is 15.5 Å². The molecule has 128 valence electrons. The fourth-order valence-corrected chi connectivity index (χ4v) is 3.33. The van der Waals surface area contributed by atoms with Crippen molar-refractivity contribution < 1.29 is 9.59 Å². The first-order valence-corrected chi connectivity index (χ1v) is 8.47. The van der Waals surface area contributed by atoms with Gasteiger partial charge in [-0.2, -0.15) is 0 Å². The predicted molar refractivity (Wildman–Crippen MR) is 90.1 cm³/mol. The zero-order valence-corrected chi connectivity index (χ0v) is 14.4. The van der Waals surface area contributed by atoms with E-state index in [9.17, 15) is 9.59 Å². The minimum absolute atomic E-state index is 0. The number of hydrogen-bond donors (Lipinski definition) is 2. The van der Waals surface area contributed by atoms with E-state index in [1.807, 2.05) is 11.8 Å². The Balaban J connectivity index is 0.00000242. The second-order valence-electron chi connectivity index (χ2n) is 6.39. The van der Waals surface area contributed by atoms with Gasteiger partial charge in [-0.05, 0) is 44.6 Å². The van der Waals surface area contributed by atoms with E-state index in [0.29, 0.717) is 24.8 Å². The third-order valence-corrected chi connectivity index (χ3v) is 4.54. The molecule has 2 rings (SSSR count). The van der Waals surface area contributed by atoms with E-state index in [2.05, 4.69) is 10.6 Å². The molecule has 0 radical (unpaired) electrons. The Morgan fingerprint density at radius 3 is 2.77 bits per heavy atom. The minimum Gasteiger partial charge on any atom is -0.356 e. The van der Waals surface area contributed by atoms with Crippen LogP contribution in [0.4, 0.5) is 0 Å². The summed E-state index contributed by atoms with van der Waals surface area (Å²) >= 11 is 0. The second kappa shape index (κ2) is 10.1. The second-order valence-corrected chi connectivity index (χ2v) is 6.39. The molecule has 22 heavy (non-hydrogen) atoms. The number of hydrogen-bond acceptors (Lipinski definition) is 3. The highest BCUT2D eigenvalue weighted by Crippen LogP contribution is 2.20. The molecule has 0 bridgehead atoms. The third kappa shape index (κ3) is 5.76. The highest BCUT2D eigenvalue weighted by Gasteiger charge is 2.29. The first-order valence-electron chi connectivity index (χ1n) is 8.47. The van der Waals surface area contributed by atoms with Gasteiger partial charge in [0, 0.05) is 32.6 Å². The van der Waals surface area contributed by atoms with Gasteiger partial charge in [-0.3, -0.25) is 9.59 Å². The van der Waals surface area contributed by atoms with Crippen LogP contribution in [0.1, 0.15) is 45.4 Å². The molecule has 2 N–H and O–H groups in total. The molecule has 2 aliphatic heterocycles. The Hall–Kier alpha value is -0.810. The van der Waals surface area contributed by atoms with Crippen molar-refractivity contribution in [3.63, 3.8) is 0 Å². The number of carbonyl (C=O) groups excluding carboxylic acids is 2. The van der Waals surface area contributed by atoms with Crippen LogP contribution in [0.3, 0.4) is 0 Å². The number of nitrogens with one attached hydrogen (secondary N) is 2. The largest absolute Gasteiger partial charge is 0.356 e. The van der Waals surface area contributed by atoms with E-state index in [1.165, 1.54) is 0 Å². The van der Waals surface area contributed by atoms with Crippen molar-refractivity contribution in [3.8, 4) is 0 Å². The van der Waals surface area contributed by atoms with E-state index >= 15 is 0 Å². The van der Waals surface area contributed by atoms with Gasteiger partial charge in [-0.25, -0.2) is 0 Å². The lowest BCUT2D eigenvalue weighted by atomic mass is 9.93. The minimum atomic E-state index is 0. The number of piperidine rings is 2. The van der Waals surface area contributed by atoms with Gasteiger partial charge in [-0.1, -0.05) is 6.92 Å². The molecule has 2 fully saturated rings. The highest BCUT2D eigenvalue weighted by molar-refractivity contribution is 5.85. The van der Waals surface area contributed by atoms with Crippen LogP contribution >= 0.6 is 12.4 Å². The number of halogens is 1. The number of nitrogens with zero attached hydrogens (tertiary/aromatic N) is 1. The Labute approximate surface area is 140 Å². The van der Waals surface area contributed by atoms with Crippen LogP contribution in [0.15, 0.2) is 0 Å². The lowest BCUT2D eigenvalue weighted by Gasteiger charge is -2.36. The fraction of sp³-hybridized carbons (Fsp3) is 0.875. The summed E-state index contributed by atoms with van der Waals surface area (Å²) in [5, 5.41) is 6.32. The van der Waals surface area contributed by atoms with Crippen molar-refractivity contribution >= 4 is 24.2 Å². The molecule has 0 aromatic heterocycles. The van der Waals surface area contributed by atoms with Gasteiger partial charge >= 0.3 is 0 Å². The van der Waals surface area contributed by atoms with Crippen LogP contribution in [-0.2, 0) is 9.59 Å². The molecule has 2 amide bonds. The van der Waals surface area contributed by atoms with Gasteiger partial charge in [0.25, 0.3) is 0 Å². The molecule has 2 unspecified atom stereocenters. The molecule has 5 nitrogen and oxygen atoms in total. The topological polar surface area (TPSA) is 61.4 Å². The predicted octanol–water partition coefficient (Wildman–Crippen LogP) is 1.56. The standard InChI is InChI=1S/C16H29N3O2.ClH/c1-2-5-15(20)18-10-13-6-4-9-19(12-13)16(21)14-7-3-8-17-11-14;/h13-14,17H,2-12H2,1H3,(H,18,20);1H. The normalized spacial score (nSPS) is 25.2. The molecule has 0 saturated carbocycles. The van der Waals surface area contributed by atoms with Crippen molar-refractivity contribution in [2.75, 3.05) is 32.7 Å². The molecule has 6 heteroatoms. The summed E-state index contributed by atoms with van der Waals surface area (Å²) in [5.74, 6) is 1.02. The first-order chi connectivity index (χ1) is 10.2. The molecule has 0 aromatic carbocycles. The zero-order valence-electron chi connectivity index (χ0n) is 13.6. The van der Waals surface area contributed by atoms with Gasteiger partial charge in [0.2, 0.25) is 11.8 Å². The molecule has 2 aliphatic rings. The van der Waals surface area contributed by atoms with Gasteiger partial charge in [0.1, 0.15) is 0 Å². The van der Waals surface area contributed by atoms with Gasteiger partial charge < -0.3 is 15.5 Å². The van der Waals surface area contributed by atoms with E-state index in [4.69, 9.17) is 0 Å². The van der Waals surface area contributed by atoms with Crippen LogP contribution in [0.25, 0.3) is 0 Å². The molecule has 0 aromatic rings. The summed E-state index contributed by atoms with van der Waals surface area (Å²) in [5.41, 5.74) is 0. The monoisotopic (exact) mass is 331 g/mol. The Kier molecular flexibility index (Phi) is 8.79.